The first-order valence-electron chi connectivity index (χ1n) is 9.89. The van der Waals surface area contributed by atoms with Gasteiger partial charge in [0, 0.05) is 6.54 Å². The van der Waals surface area contributed by atoms with Crippen LogP contribution >= 0.6 is 0 Å². The lowest BCUT2D eigenvalue weighted by molar-refractivity contribution is -0.135. The minimum atomic E-state index is -0.624. The zero-order valence-corrected chi connectivity index (χ0v) is 16.4. The molecule has 2 heterocycles. The van der Waals surface area contributed by atoms with Gasteiger partial charge in [-0.1, -0.05) is 54.6 Å². The van der Waals surface area contributed by atoms with Crippen LogP contribution in [0.15, 0.2) is 77.6 Å². The molecule has 1 N–H and O–H groups in total. The first-order valence-corrected chi connectivity index (χ1v) is 9.89. The molecule has 5 heteroatoms. The Bertz CT molecular complexity index is 982. The van der Waals surface area contributed by atoms with E-state index in [4.69, 9.17) is 4.42 Å². The molecule has 0 aliphatic carbocycles. The maximum atomic E-state index is 13.3. The Hall–Kier alpha value is -3.34. The number of fused-ring (bicyclic) bond motifs is 1. The molecule has 148 valence electrons. The molecule has 1 aliphatic rings. The van der Waals surface area contributed by atoms with Crippen molar-refractivity contribution in [3.8, 4) is 0 Å². The summed E-state index contributed by atoms with van der Waals surface area (Å²) in [6.07, 6.45) is 4.38. The van der Waals surface area contributed by atoms with Crippen LogP contribution in [-0.2, 0) is 17.6 Å². The number of furan rings is 1. The smallest absolute Gasteiger partial charge is 0.255 e. The average Bonchev–Trinajstić information content (AvgIpc) is 3.29. The Morgan fingerprint density at radius 3 is 2.62 bits per heavy atom. The van der Waals surface area contributed by atoms with Crippen LogP contribution in [0.3, 0.4) is 0 Å². The van der Waals surface area contributed by atoms with E-state index in [1.165, 1.54) is 29.2 Å². The van der Waals surface area contributed by atoms with Crippen LogP contribution in [0.4, 0.5) is 0 Å². The van der Waals surface area contributed by atoms with Crippen molar-refractivity contribution >= 4 is 11.8 Å². The molecule has 2 amide bonds. The van der Waals surface area contributed by atoms with E-state index in [0.29, 0.717) is 12.1 Å². The van der Waals surface area contributed by atoms with Crippen molar-refractivity contribution in [2.45, 2.75) is 31.8 Å². The zero-order chi connectivity index (χ0) is 20.2. The summed E-state index contributed by atoms with van der Waals surface area (Å²) in [5.74, 6) is -0.381. The molecule has 2 aromatic carbocycles. The third-order valence-electron chi connectivity index (χ3n) is 5.47. The number of carbonyl (C=O) groups excluding carboxylic acids is 2. The van der Waals surface area contributed by atoms with Gasteiger partial charge >= 0.3 is 0 Å². The molecule has 0 spiro atoms. The molecule has 4 rings (SSSR count). The van der Waals surface area contributed by atoms with Crippen molar-refractivity contribution in [1.29, 1.82) is 0 Å². The first-order chi connectivity index (χ1) is 14.1. The topological polar surface area (TPSA) is 62.6 Å². The second-order valence-electron chi connectivity index (χ2n) is 7.39. The molecule has 1 aliphatic heterocycles. The molecule has 0 saturated heterocycles. The van der Waals surface area contributed by atoms with E-state index in [1.54, 1.807) is 13.0 Å². The van der Waals surface area contributed by atoms with Crippen LogP contribution in [0.1, 0.15) is 40.0 Å². The van der Waals surface area contributed by atoms with Crippen molar-refractivity contribution in [3.05, 3.63) is 95.4 Å². The standard InChI is InChI=1S/C24H24N2O3/c1-17(25-23(27)20-12-14-29-16-20)24(28)26-13-11-19-9-5-6-10-21(19)22(26)15-18-7-3-2-4-8-18/h2-10,12,14,16-17,22H,11,13,15H2,1H3,(H,25,27)/t17-,22-/m1/s1. The number of carbonyl (C=O) groups is 2. The van der Waals surface area contributed by atoms with Gasteiger partial charge in [-0.3, -0.25) is 9.59 Å². The van der Waals surface area contributed by atoms with Crippen molar-refractivity contribution in [1.82, 2.24) is 10.2 Å². The number of hydrogen-bond acceptors (Lipinski definition) is 3. The Morgan fingerprint density at radius 2 is 1.86 bits per heavy atom. The van der Waals surface area contributed by atoms with Gasteiger partial charge in [-0.2, -0.15) is 0 Å². The van der Waals surface area contributed by atoms with E-state index in [2.05, 4.69) is 29.6 Å². The molecule has 29 heavy (non-hydrogen) atoms. The fourth-order valence-corrected chi connectivity index (χ4v) is 3.96. The number of nitrogens with zero attached hydrogens (tertiary/aromatic N) is 1. The third-order valence-corrected chi connectivity index (χ3v) is 5.47. The van der Waals surface area contributed by atoms with Gasteiger partial charge in [0.05, 0.1) is 17.9 Å². The quantitative estimate of drug-likeness (QED) is 0.724. The molecular weight excluding hydrogens is 364 g/mol. The molecule has 1 aromatic heterocycles. The molecule has 5 nitrogen and oxygen atoms in total. The number of nitrogens with one attached hydrogen (secondary N) is 1. The van der Waals surface area contributed by atoms with Crippen LogP contribution < -0.4 is 5.32 Å². The van der Waals surface area contributed by atoms with Gasteiger partial charge < -0.3 is 14.6 Å². The maximum absolute atomic E-state index is 13.3. The summed E-state index contributed by atoms with van der Waals surface area (Å²) < 4.78 is 4.96. The summed E-state index contributed by atoms with van der Waals surface area (Å²) in [5.41, 5.74) is 4.06. The Labute approximate surface area is 170 Å². The lowest BCUT2D eigenvalue weighted by Gasteiger charge is -2.39. The van der Waals surface area contributed by atoms with Crippen molar-refractivity contribution in [2.75, 3.05) is 6.54 Å². The minimum absolute atomic E-state index is 0.0527. The molecule has 0 radical (unpaired) electrons. The van der Waals surface area contributed by atoms with Crippen molar-refractivity contribution < 1.29 is 14.0 Å². The molecule has 2 atom stereocenters. The number of rotatable bonds is 5. The van der Waals surface area contributed by atoms with Gasteiger partial charge in [0.15, 0.2) is 0 Å². The molecule has 0 fully saturated rings. The number of amides is 2. The fraction of sp³-hybridized carbons (Fsp3) is 0.250. The summed E-state index contributed by atoms with van der Waals surface area (Å²) >= 11 is 0. The van der Waals surface area contributed by atoms with E-state index >= 15 is 0 Å². The molecule has 3 aromatic rings. The van der Waals surface area contributed by atoms with Crippen LogP contribution in [0.25, 0.3) is 0 Å². The van der Waals surface area contributed by atoms with Crippen molar-refractivity contribution in [2.24, 2.45) is 0 Å². The SMILES string of the molecule is C[C@@H](NC(=O)c1ccoc1)C(=O)N1CCc2ccccc2[C@H]1Cc1ccccc1. The summed E-state index contributed by atoms with van der Waals surface area (Å²) in [6, 6.07) is 19.4. The van der Waals surface area contributed by atoms with Gasteiger partial charge in [0.1, 0.15) is 12.3 Å². The van der Waals surface area contributed by atoms with Gasteiger partial charge in [-0.25, -0.2) is 0 Å². The Kier molecular flexibility index (Phi) is 5.47. The van der Waals surface area contributed by atoms with E-state index in [-0.39, 0.29) is 17.9 Å². The zero-order valence-electron chi connectivity index (χ0n) is 16.4. The normalized spacial score (nSPS) is 16.7. The van der Waals surface area contributed by atoms with E-state index < -0.39 is 6.04 Å². The highest BCUT2D eigenvalue weighted by Crippen LogP contribution is 2.33. The Balaban J connectivity index is 1.57. The predicted octanol–water partition coefficient (Wildman–Crippen LogP) is 3.77. The molecule has 0 bridgehead atoms. The van der Waals surface area contributed by atoms with Gasteiger partial charge in [-0.05, 0) is 42.5 Å². The summed E-state index contributed by atoms with van der Waals surface area (Å²) in [6.45, 7) is 2.37. The second-order valence-corrected chi connectivity index (χ2v) is 7.39. The lowest BCUT2D eigenvalue weighted by Crippen LogP contribution is -2.50. The highest BCUT2D eigenvalue weighted by Gasteiger charge is 2.33. The first kappa shape index (κ1) is 19.0. The average molecular weight is 388 g/mol. The fourth-order valence-electron chi connectivity index (χ4n) is 3.96. The lowest BCUT2D eigenvalue weighted by atomic mass is 9.88. The van der Waals surface area contributed by atoms with Crippen molar-refractivity contribution in [3.63, 3.8) is 0 Å². The van der Waals surface area contributed by atoms with E-state index in [9.17, 15) is 9.59 Å². The largest absolute Gasteiger partial charge is 0.472 e. The van der Waals surface area contributed by atoms with Gasteiger partial charge in [0.25, 0.3) is 5.91 Å². The third kappa shape index (κ3) is 4.09. The van der Waals surface area contributed by atoms with Crippen LogP contribution in [-0.4, -0.2) is 29.3 Å². The highest BCUT2D eigenvalue weighted by molar-refractivity contribution is 5.97. The van der Waals surface area contributed by atoms with E-state index in [1.807, 2.05) is 35.2 Å². The van der Waals surface area contributed by atoms with Gasteiger partial charge in [-0.15, -0.1) is 0 Å². The van der Waals surface area contributed by atoms with Crippen LogP contribution in [0, 0.1) is 0 Å². The molecule has 0 saturated carbocycles. The molecule has 0 unspecified atom stereocenters. The monoisotopic (exact) mass is 388 g/mol. The minimum Gasteiger partial charge on any atom is -0.472 e. The summed E-state index contributed by atoms with van der Waals surface area (Å²) in [4.78, 5) is 27.5. The Morgan fingerprint density at radius 1 is 1.10 bits per heavy atom. The summed E-state index contributed by atoms with van der Waals surface area (Å²) in [5, 5.41) is 2.80. The molecular formula is C24H24N2O3. The summed E-state index contributed by atoms with van der Waals surface area (Å²) in [7, 11) is 0. The maximum Gasteiger partial charge on any atom is 0.255 e. The number of benzene rings is 2. The van der Waals surface area contributed by atoms with Crippen LogP contribution in [0.5, 0.6) is 0 Å². The van der Waals surface area contributed by atoms with Crippen LogP contribution in [0.2, 0.25) is 0 Å². The second kappa shape index (κ2) is 8.35. The predicted molar refractivity (Wildman–Crippen MR) is 110 cm³/mol. The van der Waals surface area contributed by atoms with Gasteiger partial charge in [0.2, 0.25) is 5.91 Å². The number of hydrogen-bond donors (Lipinski definition) is 1. The highest BCUT2D eigenvalue weighted by atomic mass is 16.3. The van der Waals surface area contributed by atoms with E-state index in [0.717, 1.165) is 12.8 Å².